The fourth-order valence-electron chi connectivity index (χ4n) is 3.93. The predicted octanol–water partition coefficient (Wildman–Crippen LogP) is 4.26. The van der Waals surface area contributed by atoms with Crippen molar-refractivity contribution in [2.24, 2.45) is 0 Å². The van der Waals surface area contributed by atoms with E-state index in [1.165, 1.54) is 10.6 Å². The summed E-state index contributed by atoms with van der Waals surface area (Å²) in [6, 6.07) is 16.1. The average Bonchev–Trinajstić information content (AvgIpc) is 2.82. The molecule has 2 aromatic rings. The van der Waals surface area contributed by atoms with Gasteiger partial charge >= 0.3 is 0 Å². The fourth-order valence-corrected chi connectivity index (χ4v) is 4.90. The molecule has 0 bridgehead atoms. The molecule has 0 radical (unpaired) electrons. The quantitative estimate of drug-likeness (QED) is 0.444. The molecule has 0 saturated carbocycles. The van der Waals surface area contributed by atoms with Gasteiger partial charge in [0.1, 0.15) is 6.04 Å². The summed E-state index contributed by atoms with van der Waals surface area (Å²) in [6.45, 7) is 8.35. The number of para-hydroxylation sites is 1. The van der Waals surface area contributed by atoms with Crippen LogP contribution in [-0.4, -0.2) is 50.0 Å². The maximum atomic E-state index is 13.5. The number of hydrogen-bond acceptors (Lipinski definition) is 4. The molecule has 0 aromatic heterocycles. The Bertz CT molecular complexity index is 1070. The van der Waals surface area contributed by atoms with Crippen LogP contribution >= 0.6 is 0 Å². The minimum absolute atomic E-state index is 0.0150. The van der Waals surface area contributed by atoms with Gasteiger partial charge in [-0.1, -0.05) is 56.3 Å². The van der Waals surface area contributed by atoms with Gasteiger partial charge < -0.3 is 10.2 Å². The van der Waals surface area contributed by atoms with E-state index in [0.29, 0.717) is 25.1 Å². The van der Waals surface area contributed by atoms with Crippen molar-refractivity contribution < 1.29 is 18.0 Å². The van der Waals surface area contributed by atoms with E-state index in [1.807, 2.05) is 58.0 Å². The van der Waals surface area contributed by atoms with E-state index in [1.54, 1.807) is 29.2 Å². The number of benzene rings is 2. The van der Waals surface area contributed by atoms with Gasteiger partial charge in [0.15, 0.2) is 0 Å². The summed E-state index contributed by atoms with van der Waals surface area (Å²) in [6.07, 6.45) is 2.93. The second kappa shape index (κ2) is 13.3. The lowest BCUT2D eigenvalue weighted by Crippen LogP contribution is -2.50. The molecule has 0 fully saturated rings. The summed E-state index contributed by atoms with van der Waals surface area (Å²) in [4.78, 5) is 28.2. The topological polar surface area (TPSA) is 86.8 Å². The number of nitrogens with one attached hydrogen (secondary N) is 1. The zero-order valence-corrected chi connectivity index (χ0v) is 22.3. The van der Waals surface area contributed by atoms with Crippen LogP contribution in [0.1, 0.15) is 57.6 Å². The van der Waals surface area contributed by atoms with Crippen molar-refractivity contribution in [3.05, 3.63) is 65.7 Å². The van der Waals surface area contributed by atoms with Gasteiger partial charge in [-0.3, -0.25) is 13.9 Å². The Morgan fingerprint density at radius 1 is 0.971 bits per heavy atom. The molecule has 0 aliphatic rings. The van der Waals surface area contributed by atoms with Crippen LogP contribution in [0.3, 0.4) is 0 Å². The summed E-state index contributed by atoms with van der Waals surface area (Å²) < 4.78 is 26.1. The van der Waals surface area contributed by atoms with Crippen LogP contribution < -0.4 is 9.62 Å². The van der Waals surface area contributed by atoms with Crippen LogP contribution in [-0.2, 0) is 26.2 Å². The van der Waals surface area contributed by atoms with Crippen molar-refractivity contribution in [3.63, 3.8) is 0 Å². The number of rotatable bonds is 13. The maximum absolute atomic E-state index is 13.5. The van der Waals surface area contributed by atoms with Crippen molar-refractivity contribution in [2.45, 2.75) is 72.0 Å². The molecule has 0 spiro atoms. The highest BCUT2D eigenvalue weighted by Gasteiger charge is 2.29. The number of anilines is 1. The Balaban J connectivity index is 2.22. The van der Waals surface area contributed by atoms with Crippen LogP contribution in [0.25, 0.3) is 0 Å². The standard InChI is InChI=1S/C27H39N3O4S/c1-6-22(4)28-27(32)25(7-2)29(20-23-15-12-11-14-21(23)3)26(31)18-13-19-30(35(5,33)34)24-16-9-8-10-17-24/h8-12,14-17,22,25H,6-7,13,18-20H2,1-5H3,(H,28,32)/t22-,25-/m0/s1. The normalized spacial score (nSPS) is 13.1. The van der Waals surface area contributed by atoms with Crippen molar-refractivity contribution in [3.8, 4) is 0 Å². The first-order valence-electron chi connectivity index (χ1n) is 12.3. The van der Waals surface area contributed by atoms with Gasteiger partial charge in [0, 0.05) is 25.6 Å². The number of carbonyl (C=O) groups is 2. The minimum Gasteiger partial charge on any atom is -0.352 e. The first-order chi connectivity index (χ1) is 16.6. The third kappa shape index (κ3) is 8.38. The Kier molecular flexibility index (Phi) is 10.8. The molecule has 0 aliphatic heterocycles. The molecule has 2 aromatic carbocycles. The summed E-state index contributed by atoms with van der Waals surface area (Å²) in [7, 11) is -3.50. The van der Waals surface area contributed by atoms with Gasteiger partial charge in [-0.25, -0.2) is 8.42 Å². The molecular weight excluding hydrogens is 462 g/mol. The molecule has 2 atom stereocenters. The van der Waals surface area contributed by atoms with Crippen molar-refractivity contribution in [1.82, 2.24) is 10.2 Å². The Morgan fingerprint density at radius 3 is 2.17 bits per heavy atom. The summed E-state index contributed by atoms with van der Waals surface area (Å²) in [5.74, 6) is -0.327. The predicted molar refractivity (Wildman–Crippen MR) is 142 cm³/mol. The number of sulfonamides is 1. The molecule has 0 heterocycles. The molecule has 7 nitrogen and oxygen atoms in total. The van der Waals surface area contributed by atoms with E-state index < -0.39 is 16.1 Å². The molecular formula is C27H39N3O4S. The Labute approximate surface area is 210 Å². The van der Waals surface area contributed by atoms with Crippen molar-refractivity contribution in [1.29, 1.82) is 0 Å². The molecule has 192 valence electrons. The highest BCUT2D eigenvalue weighted by atomic mass is 32.2. The summed E-state index contributed by atoms with van der Waals surface area (Å²) in [5.41, 5.74) is 2.60. The van der Waals surface area contributed by atoms with Gasteiger partial charge in [0.2, 0.25) is 21.8 Å². The molecule has 1 N–H and O–H groups in total. The minimum atomic E-state index is -3.50. The highest BCUT2D eigenvalue weighted by molar-refractivity contribution is 7.92. The highest BCUT2D eigenvalue weighted by Crippen LogP contribution is 2.20. The average molecular weight is 502 g/mol. The first-order valence-corrected chi connectivity index (χ1v) is 14.1. The van der Waals surface area contributed by atoms with Crippen molar-refractivity contribution in [2.75, 3.05) is 17.1 Å². The summed E-state index contributed by atoms with van der Waals surface area (Å²) in [5, 5.41) is 3.01. The molecule has 2 rings (SSSR count). The Morgan fingerprint density at radius 2 is 1.60 bits per heavy atom. The van der Waals surface area contributed by atoms with Gasteiger partial charge in [-0.05, 0) is 56.4 Å². The largest absolute Gasteiger partial charge is 0.352 e. The number of amides is 2. The molecule has 0 unspecified atom stereocenters. The van der Waals surface area contributed by atoms with E-state index in [0.717, 1.165) is 17.5 Å². The Hall–Kier alpha value is -2.87. The molecule has 0 aliphatic carbocycles. The molecule has 0 saturated heterocycles. The lowest BCUT2D eigenvalue weighted by molar-refractivity contribution is -0.141. The monoisotopic (exact) mass is 501 g/mol. The first kappa shape index (κ1) is 28.4. The third-order valence-corrected chi connectivity index (χ3v) is 7.38. The van der Waals surface area contributed by atoms with Crippen LogP contribution in [0.2, 0.25) is 0 Å². The number of aryl methyl sites for hydroxylation is 1. The van der Waals surface area contributed by atoms with Crippen LogP contribution in [0, 0.1) is 6.92 Å². The number of carbonyl (C=O) groups excluding carboxylic acids is 2. The zero-order chi connectivity index (χ0) is 26.0. The van der Waals surface area contributed by atoms with Gasteiger partial charge in [0.25, 0.3) is 0 Å². The third-order valence-electron chi connectivity index (χ3n) is 6.19. The van der Waals surface area contributed by atoms with Crippen molar-refractivity contribution >= 4 is 27.5 Å². The van der Waals surface area contributed by atoms with Crippen LogP contribution in [0.5, 0.6) is 0 Å². The second-order valence-corrected chi connectivity index (χ2v) is 10.9. The van der Waals surface area contributed by atoms with E-state index in [2.05, 4.69) is 5.32 Å². The number of hydrogen-bond donors (Lipinski definition) is 1. The van der Waals surface area contributed by atoms with Gasteiger partial charge in [-0.2, -0.15) is 0 Å². The molecule has 2 amide bonds. The molecule has 35 heavy (non-hydrogen) atoms. The lowest BCUT2D eigenvalue weighted by Gasteiger charge is -2.32. The van der Waals surface area contributed by atoms with Gasteiger partial charge in [-0.15, -0.1) is 0 Å². The number of nitrogens with zero attached hydrogens (tertiary/aromatic N) is 2. The van der Waals surface area contributed by atoms with E-state index >= 15 is 0 Å². The fraction of sp³-hybridized carbons (Fsp3) is 0.481. The molecule has 8 heteroatoms. The van der Waals surface area contributed by atoms with E-state index in [-0.39, 0.29) is 30.8 Å². The van der Waals surface area contributed by atoms with Gasteiger partial charge in [0.05, 0.1) is 11.9 Å². The smallest absolute Gasteiger partial charge is 0.243 e. The second-order valence-electron chi connectivity index (χ2n) is 8.96. The van der Waals surface area contributed by atoms with E-state index in [4.69, 9.17) is 0 Å². The summed E-state index contributed by atoms with van der Waals surface area (Å²) >= 11 is 0. The van der Waals surface area contributed by atoms with E-state index in [9.17, 15) is 18.0 Å². The zero-order valence-electron chi connectivity index (χ0n) is 21.5. The SMILES string of the molecule is CC[C@H](C)NC(=O)[C@H](CC)N(Cc1ccccc1C)C(=O)CCCN(c1ccccc1)S(C)(=O)=O. The lowest BCUT2D eigenvalue weighted by atomic mass is 10.0. The van der Waals surface area contributed by atoms with Crippen LogP contribution in [0.4, 0.5) is 5.69 Å². The van der Waals surface area contributed by atoms with Crippen LogP contribution in [0.15, 0.2) is 54.6 Å². The maximum Gasteiger partial charge on any atom is 0.243 e.